The first-order valence-electron chi connectivity index (χ1n) is 9.35. The highest BCUT2D eigenvalue weighted by Gasteiger charge is 2.56. The zero-order valence-electron chi connectivity index (χ0n) is 14.5. The molecule has 4 nitrogen and oxygen atoms in total. The Morgan fingerprint density at radius 1 is 1.29 bits per heavy atom. The maximum absolute atomic E-state index is 12.8. The number of aliphatic hydroxyl groups excluding tert-OH is 1. The van der Waals surface area contributed by atoms with E-state index >= 15 is 0 Å². The monoisotopic (exact) mass is 329 g/mol. The molecule has 2 atom stereocenters. The van der Waals surface area contributed by atoms with E-state index in [1.54, 1.807) is 0 Å². The minimum Gasteiger partial charge on any atom is -0.392 e. The van der Waals surface area contributed by atoms with E-state index in [1.807, 2.05) is 17.9 Å². The Hall–Kier alpha value is -1.39. The van der Waals surface area contributed by atoms with Gasteiger partial charge in [-0.05, 0) is 62.3 Å². The molecule has 1 aromatic carbocycles. The van der Waals surface area contributed by atoms with Gasteiger partial charge < -0.3 is 14.7 Å². The van der Waals surface area contributed by atoms with Gasteiger partial charge in [-0.2, -0.15) is 0 Å². The molecule has 2 unspecified atom stereocenters. The molecule has 1 saturated heterocycles. The molecule has 0 bridgehead atoms. The van der Waals surface area contributed by atoms with Crippen molar-refractivity contribution >= 4 is 5.91 Å². The lowest BCUT2D eigenvalue weighted by Crippen LogP contribution is -2.62. The zero-order chi connectivity index (χ0) is 16.7. The average molecular weight is 329 g/mol. The summed E-state index contributed by atoms with van der Waals surface area (Å²) >= 11 is 0. The molecular formula is C20H27NO3. The van der Waals surface area contributed by atoms with Crippen molar-refractivity contribution in [1.82, 2.24) is 4.90 Å². The van der Waals surface area contributed by atoms with Gasteiger partial charge >= 0.3 is 0 Å². The maximum atomic E-state index is 12.8. The molecular weight excluding hydrogens is 302 g/mol. The Labute approximate surface area is 143 Å². The highest BCUT2D eigenvalue weighted by Crippen LogP contribution is 2.51. The molecule has 1 amide bonds. The van der Waals surface area contributed by atoms with Crippen molar-refractivity contribution in [2.24, 2.45) is 5.41 Å². The van der Waals surface area contributed by atoms with Crippen LogP contribution < -0.4 is 0 Å². The number of aliphatic hydroxyl groups is 1. The van der Waals surface area contributed by atoms with Gasteiger partial charge in [0, 0.05) is 37.1 Å². The number of amides is 1. The largest absolute Gasteiger partial charge is 0.392 e. The topological polar surface area (TPSA) is 49.8 Å². The second-order valence-corrected chi connectivity index (χ2v) is 7.56. The molecule has 0 radical (unpaired) electrons. The first-order chi connectivity index (χ1) is 11.6. The van der Waals surface area contributed by atoms with E-state index in [-0.39, 0.29) is 23.5 Å². The van der Waals surface area contributed by atoms with Gasteiger partial charge in [-0.15, -0.1) is 0 Å². The smallest absolute Gasteiger partial charge is 0.253 e. The number of aryl methyl sites for hydroxylation is 2. The van der Waals surface area contributed by atoms with Gasteiger partial charge in [0.15, 0.2) is 0 Å². The number of ether oxygens (including phenoxy) is 1. The number of hydrogen-bond donors (Lipinski definition) is 1. The number of piperidine rings is 1. The first kappa shape index (κ1) is 16.1. The van der Waals surface area contributed by atoms with Gasteiger partial charge in [-0.1, -0.05) is 6.07 Å². The van der Waals surface area contributed by atoms with E-state index in [1.165, 1.54) is 17.5 Å². The quantitative estimate of drug-likeness (QED) is 0.927. The van der Waals surface area contributed by atoms with Gasteiger partial charge in [0.25, 0.3) is 5.91 Å². The Morgan fingerprint density at radius 2 is 2.04 bits per heavy atom. The fraction of sp³-hybridized carbons (Fsp3) is 0.650. The van der Waals surface area contributed by atoms with E-state index in [4.69, 9.17) is 4.74 Å². The summed E-state index contributed by atoms with van der Waals surface area (Å²) in [6.07, 6.45) is 5.77. The van der Waals surface area contributed by atoms with E-state index in [9.17, 15) is 9.90 Å². The normalized spacial score (nSPS) is 27.8. The number of hydrogen-bond acceptors (Lipinski definition) is 3. The van der Waals surface area contributed by atoms with Gasteiger partial charge in [-0.25, -0.2) is 0 Å². The second kappa shape index (κ2) is 6.16. The SMILES string of the molecule is CCOC1CC(O)C12CCN(C(=O)c1ccc3c(c1)CCC3)CC2. The minimum atomic E-state index is -0.272. The lowest BCUT2D eigenvalue weighted by atomic mass is 9.58. The van der Waals surface area contributed by atoms with Crippen molar-refractivity contribution in [2.45, 2.75) is 57.7 Å². The molecule has 0 aromatic heterocycles. The molecule has 3 aliphatic rings. The fourth-order valence-electron chi connectivity index (χ4n) is 4.83. The van der Waals surface area contributed by atoms with Crippen molar-refractivity contribution in [3.05, 3.63) is 34.9 Å². The van der Waals surface area contributed by atoms with Crippen LogP contribution in [-0.2, 0) is 17.6 Å². The van der Waals surface area contributed by atoms with Crippen LogP contribution in [0.4, 0.5) is 0 Å². The molecule has 1 saturated carbocycles. The molecule has 1 aliphatic heterocycles. The van der Waals surface area contributed by atoms with Crippen molar-refractivity contribution in [3.8, 4) is 0 Å². The van der Waals surface area contributed by atoms with Crippen LogP contribution in [0.3, 0.4) is 0 Å². The van der Waals surface area contributed by atoms with Gasteiger partial charge in [0.2, 0.25) is 0 Å². The summed E-state index contributed by atoms with van der Waals surface area (Å²) in [4.78, 5) is 14.8. The molecule has 1 spiro atoms. The van der Waals surface area contributed by atoms with Crippen molar-refractivity contribution in [2.75, 3.05) is 19.7 Å². The molecule has 130 valence electrons. The third-order valence-electron chi connectivity index (χ3n) is 6.44. The summed E-state index contributed by atoms with van der Waals surface area (Å²) < 4.78 is 5.81. The Kier molecular flexibility index (Phi) is 4.13. The lowest BCUT2D eigenvalue weighted by Gasteiger charge is -2.56. The lowest BCUT2D eigenvalue weighted by molar-refractivity contribution is -0.207. The number of likely N-dealkylation sites (tertiary alicyclic amines) is 1. The Balaban J connectivity index is 1.43. The van der Waals surface area contributed by atoms with Crippen LogP contribution >= 0.6 is 0 Å². The summed E-state index contributed by atoms with van der Waals surface area (Å²) in [5.74, 6) is 0.140. The van der Waals surface area contributed by atoms with Crippen LogP contribution in [0.2, 0.25) is 0 Å². The molecule has 2 fully saturated rings. The third-order valence-corrected chi connectivity index (χ3v) is 6.44. The number of rotatable bonds is 3. The highest BCUT2D eigenvalue weighted by atomic mass is 16.5. The van der Waals surface area contributed by atoms with E-state index in [2.05, 4.69) is 12.1 Å². The van der Waals surface area contributed by atoms with E-state index in [0.717, 1.165) is 50.8 Å². The maximum Gasteiger partial charge on any atom is 0.253 e. The Morgan fingerprint density at radius 3 is 2.75 bits per heavy atom. The summed E-state index contributed by atoms with van der Waals surface area (Å²) in [5, 5.41) is 10.3. The van der Waals surface area contributed by atoms with Gasteiger partial charge in [-0.3, -0.25) is 4.79 Å². The predicted molar refractivity (Wildman–Crippen MR) is 92.1 cm³/mol. The van der Waals surface area contributed by atoms with E-state index in [0.29, 0.717) is 6.61 Å². The van der Waals surface area contributed by atoms with Gasteiger partial charge in [0.1, 0.15) is 0 Å². The summed E-state index contributed by atoms with van der Waals surface area (Å²) in [6.45, 7) is 4.13. The summed E-state index contributed by atoms with van der Waals surface area (Å²) in [5.41, 5.74) is 3.45. The number of fused-ring (bicyclic) bond motifs is 1. The minimum absolute atomic E-state index is 0.120. The standard InChI is InChI=1S/C20H27NO3/c1-2-24-18-13-17(22)20(18)8-10-21(11-9-20)19(23)16-7-6-14-4-3-5-15(14)12-16/h6-7,12,17-18,22H,2-5,8-11,13H2,1H3. The van der Waals surface area contributed by atoms with Crippen LogP contribution in [0.1, 0.15) is 54.1 Å². The molecule has 24 heavy (non-hydrogen) atoms. The third kappa shape index (κ3) is 2.47. The molecule has 4 heteroatoms. The predicted octanol–water partition coefficient (Wildman–Crippen LogP) is 2.57. The fourth-order valence-corrected chi connectivity index (χ4v) is 4.83. The van der Waals surface area contributed by atoms with Crippen LogP contribution in [0.5, 0.6) is 0 Å². The summed E-state index contributed by atoms with van der Waals surface area (Å²) in [7, 11) is 0. The number of benzene rings is 1. The van der Waals surface area contributed by atoms with Crippen molar-refractivity contribution < 1.29 is 14.6 Å². The average Bonchev–Trinajstić information content (AvgIpc) is 3.09. The van der Waals surface area contributed by atoms with Crippen LogP contribution in [0.25, 0.3) is 0 Å². The molecule has 1 heterocycles. The number of nitrogens with zero attached hydrogens (tertiary/aromatic N) is 1. The molecule has 4 rings (SSSR count). The number of carbonyl (C=O) groups is 1. The zero-order valence-corrected chi connectivity index (χ0v) is 14.5. The van der Waals surface area contributed by atoms with E-state index < -0.39 is 0 Å². The second-order valence-electron chi connectivity index (χ2n) is 7.56. The Bertz CT molecular complexity index is 632. The molecule has 2 aliphatic carbocycles. The first-order valence-corrected chi connectivity index (χ1v) is 9.35. The number of carbonyl (C=O) groups excluding carboxylic acids is 1. The highest BCUT2D eigenvalue weighted by molar-refractivity contribution is 5.94. The van der Waals surface area contributed by atoms with Crippen molar-refractivity contribution in [1.29, 1.82) is 0 Å². The van der Waals surface area contributed by atoms with Crippen LogP contribution in [0.15, 0.2) is 18.2 Å². The molecule has 1 aromatic rings. The summed E-state index contributed by atoms with van der Waals surface area (Å²) in [6, 6.07) is 6.20. The van der Waals surface area contributed by atoms with Crippen LogP contribution in [0, 0.1) is 5.41 Å². The van der Waals surface area contributed by atoms with Gasteiger partial charge in [0.05, 0.1) is 12.2 Å². The molecule has 1 N–H and O–H groups in total. The van der Waals surface area contributed by atoms with Crippen molar-refractivity contribution in [3.63, 3.8) is 0 Å². The van der Waals surface area contributed by atoms with Crippen LogP contribution in [-0.4, -0.2) is 47.8 Å².